The van der Waals surface area contributed by atoms with E-state index in [4.69, 9.17) is 9.52 Å². The third-order valence-corrected chi connectivity index (χ3v) is 2.31. The van der Waals surface area contributed by atoms with Gasteiger partial charge in [0.15, 0.2) is 5.09 Å². The lowest BCUT2D eigenvalue weighted by Crippen LogP contribution is -1.91. The van der Waals surface area contributed by atoms with Crippen molar-refractivity contribution in [2.45, 2.75) is 11.5 Å². The first-order valence-electron chi connectivity index (χ1n) is 3.76. The third-order valence-electron chi connectivity index (χ3n) is 1.31. The van der Waals surface area contributed by atoms with E-state index >= 15 is 0 Å². The summed E-state index contributed by atoms with van der Waals surface area (Å²) in [6.45, 7) is -0.362. The molecule has 13 heavy (non-hydrogen) atoms. The highest BCUT2D eigenvalue weighted by Crippen LogP contribution is 2.21. The first kappa shape index (κ1) is 10.1. The van der Waals surface area contributed by atoms with E-state index in [9.17, 15) is 9.18 Å². The van der Waals surface area contributed by atoms with Crippen LogP contribution >= 0.6 is 11.8 Å². The van der Waals surface area contributed by atoms with Gasteiger partial charge in [-0.25, -0.2) is 4.79 Å². The molecule has 0 atom stereocenters. The highest BCUT2D eigenvalue weighted by Gasteiger charge is 2.08. The second kappa shape index (κ2) is 4.91. The summed E-state index contributed by atoms with van der Waals surface area (Å²) in [7, 11) is 0. The van der Waals surface area contributed by atoms with E-state index < -0.39 is 5.97 Å². The Morgan fingerprint density at radius 1 is 1.62 bits per heavy atom. The summed E-state index contributed by atoms with van der Waals surface area (Å²) in [4.78, 5) is 10.4. The molecule has 3 nitrogen and oxygen atoms in total. The second-order valence-corrected chi connectivity index (χ2v) is 3.41. The number of halogens is 1. The van der Waals surface area contributed by atoms with E-state index in [-0.39, 0.29) is 12.4 Å². The summed E-state index contributed by atoms with van der Waals surface area (Å²) < 4.78 is 16.6. The Labute approximate surface area is 78.9 Å². The molecule has 0 aromatic carbocycles. The summed E-state index contributed by atoms with van der Waals surface area (Å²) in [6, 6.07) is 2.96. The van der Waals surface area contributed by atoms with Gasteiger partial charge in [0.1, 0.15) is 0 Å². The van der Waals surface area contributed by atoms with Crippen molar-refractivity contribution >= 4 is 17.7 Å². The van der Waals surface area contributed by atoms with Crippen LogP contribution in [0.4, 0.5) is 4.39 Å². The summed E-state index contributed by atoms with van der Waals surface area (Å²) >= 11 is 1.31. The van der Waals surface area contributed by atoms with E-state index in [0.717, 1.165) is 0 Å². The maximum absolute atomic E-state index is 11.7. The van der Waals surface area contributed by atoms with Gasteiger partial charge >= 0.3 is 5.97 Å². The van der Waals surface area contributed by atoms with Gasteiger partial charge in [0.05, 0.1) is 6.67 Å². The van der Waals surface area contributed by atoms with Crippen molar-refractivity contribution in [1.29, 1.82) is 0 Å². The standard InChI is InChI=1S/C8H9FO3S/c9-4-1-5-13-7-3-2-6(12-7)8(10)11/h2-3H,1,4-5H2,(H,10,11). The van der Waals surface area contributed by atoms with Crippen molar-refractivity contribution in [3.05, 3.63) is 17.9 Å². The normalized spacial score (nSPS) is 10.2. The first-order chi connectivity index (χ1) is 6.24. The minimum Gasteiger partial charge on any atom is -0.475 e. The van der Waals surface area contributed by atoms with Crippen molar-refractivity contribution < 1.29 is 18.7 Å². The number of alkyl halides is 1. The molecule has 0 spiro atoms. The number of thioether (sulfide) groups is 1. The fourth-order valence-electron chi connectivity index (χ4n) is 0.740. The van der Waals surface area contributed by atoms with Crippen LogP contribution in [0, 0.1) is 0 Å². The van der Waals surface area contributed by atoms with Crippen LogP contribution in [-0.2, 0) is 0 Å². The predicted molar refractivity (Wildman–Crippen MR) is 47.0 cm³/mol. The first-order valence-corrected chi connectivity index (χ1v) is 4.74. The molecule has 1 N–H and O–H groups in total. The summed E-state index contributed by atoms with van der Waals surface area (Å²) in [5.74, 6) is -0.566. The molecule has 0 radical (unpaired) electrons. The van der Waals surface area contributed by atoms with Crippen molar-refractivity contribution in [2.24, 2.45) is 0 Å². The lowest BCUT2D eigenvalue weighted by atomic mass is 10.5. The van der Waals surface area contributed by atoms with Crippen molar-refractivity contribution in [2.75, 3.05) is 12.4 Å². The molecule has 1 aromatic heterocycles. The van der Waals surface area contributed by atoms with E-state index in [2.05, 4.69) is 0 Å². The third kappa shape index (κ3) is 3.10. The van der Waals surface area contributed by atoms with Crippen LogP contribution in [0.3, 0.4) is 0 Å². The number of carbonyl (C=O) groups is 1. The van der Waals surface area contributed by atoms with Crippen LogP contribution in [0.15, 0.2) is 21.6 Å². The van der Waals surface area contributed by atoms with Gasteiger partial charge in [-0.3, -0.25) is 4.39 Å². The van der Waals surface area contributed by atoms with Crippen LogP contribution in [0.2, 0.25) is 0 Å². The van der Waals surface area contributed by atoms with Crippen molar-refractivity contribution in [1.82, 2.24) is 0 Å². The molecule has 1 aromatic rings. The lowest BCUT2D eigenvalue weighted by molar-refractivity contribution is 0.0656. The Morgan fingerprint density at radius 2 is 2.38 bits per heavy atom. The number of furan rings is 1. The van der Waals surface area contributed by atoms with Gasteiger partial charge in [-0.15, -0.1) is 0 Å². The molecule has 0 unspecified atom stereocenters. The zero-order valence-corrected chi connectivity index (χ0v) is 7.64. The molecule has 5 heteroatoms. The number of aromatic carboxylic acids is 1. The number of hydrogen-bond donors (Lipinski definition) is 1. The van der Waals surface area contributed by atoms with Gasteiger partial charge in [-0.05, 0) is 18.6 Å². The minimum absolute atomic E-state index is 0.0808. The average molecular weight is 204 g/mol. The molecule has 0 saturated carbocycles. The van der Waals surface area contributed by atoms with Crippen LogP contribution in [0.1, 0.15) is 17.0 Å². The molecule has 0 bridgehead atoms. The molecule has 1 rings (SSSR count). The Bertz CT molecular complexity index is 285. The van der Waals surface area contributed by atoms with Gasteiger partial charge in [0.25, 0.3) is 0 Å². The largest absolute Gasteiger partial charge is 0.475 e. The molecule has 0 aliphatic heterocycles. The van der Waals surface area contributed by atoms with Crippen molar-refractivity contribution in [3.8, 4) is 0 Å². The molecule has 0 fully saturated rings. The van der Waals surface area contributed by atoms with E-state index in [1.165, 1.54) is 17.8 Å². The zero-order chi connectivity index (χ0) is 9.68. The van der Waals surface area contributed by atoms with Crippen LogP contribution in [0.25, 0.3) is 0 Å². The maximum Gasteiger partial charge on any atom is 0.371 e. The topological polar surface area (TPSA) is 50.4 Å². The smallest absolute Gasteiger partial charge is 0.371 e. The molecule has 0 aliphatic rings. The molecule has 0 saturated heterocycles. The SMILES string of the molecule is O=C(O)c1ccc(SCCCF)o1. The molecular weight excluding hydrogens is 195 g/mol. The average Bonchev–Trinajstić information content (AvgIpc) is 2.53. The fraction of sp³-hybridized carbons (Fsp3) is 0.375. The summed E-state index contributed by atoms with van der Waals surface area (Å²) in [5.41, 5.74) is 0. The minimum atomic E-state index is -1.09. The second-order valence-electron chi connectivity index (χ2n) is 2.31. The summed E-state index contributed by atoms with van der Waals surface area (Å²) in [5, 5.41) is 9.03. The quantitative estimate of drug-likeness (QED) is 0.591. The predicted octanol–water partition coefficient (Wildman–Crippen LogP) is 2.43. The van der Waals surface area contributed by atoms with Crippen LogP contribution < -0.4 is 0 Å². The van der Waals surface area contributed by atoms with Gasteiger partial charge in [-0.2, -0.15) is 0 Å². The highest BCUT2D eigenvalue weighted by molar-refractivity contribution is 7.99. The number of carboxylic acids is 1. The Balaban J connectivity index is 2.44. The van der Waals surface area contributed by atoms with E-state index in [1.54, 1.807) is 6.07 Å². The van der Waals surface area contributed by atoms with Gasteiger partial charge in [0.2, 0.25) is 5.76 Å². The van der Waals surface area contributed by atoms with Gasteiger partial charge in [-0.1, -0.05) is 11.8 Å². The van der Waals surface area contributed by atoms with Crippen molar-refractivity contribution in [3.63, 3.8) is 0 Å². The highest BCUT2D eigenvalue weighted by atomic mass is 32.2. The summed E-state index contributed by atoms with van der Waals surface area (Å²) in [6.07, 6.45) is 0.452. The fourth-order valence-corrected chi connectivity index (χ4v) is 1.51. The molecule has 0 amide bonds. The van der Waals surface area contributed by atoms with Crippen LogP contribution in [0.5, 0.6) is 0 Å². The molecule has 0 aliphatic carbocycles. The number of rotatable bonds is 5. The van der Waals surface area contributed by atoms with Gasteiger partial charge in [0, 0.05) is 5.75 Å². The maximum atomic E-state index is 11.7. The molecule has 72 valence electrons. The van der Waals surface area contributed by atoms with E-state index in [0.29, 0.717) is 17.3 Å². The zero-order valence-electron chi connectivity index (χ0n) is 6.83. The monoisotopic (exact) mass is 204 g/mol. The Kier molecular flexibility index (Phi) is 3.82. The Morgan fingerprint density at radius 3 is 2.92 bits per heavy atom. The van der Waals surface area contributed by atoms with Crippen LogP contribution in [-0.4, -0.2) is 23.5 Å². The van der Waals surface area contributed by atoms with E-state index in [1.807, 2.05) is 0 Å². The number of hydrogen-bond acceptors (Lipinski definition) is 3. The molecular formula is C8H9FO3S. The Hall–Kier alpha value is -0.970. The number of carboxylic acid groups (broad SMARTS) is 1. The van der Waals surface area contributed by atoms with Gasteiger partial charge < -0.3 is 9.52 Å². The lowest BCUT2D eigenvalue weighted by Gasteiger charge is -1.93. The molecule has 1 heterocycles.